The third kappa shape index (κ3) is 4.79. The third-order valence-electron chi connectivity index (χ3n) is 10.4. The van der Waals surface area contributed by atoms with Gasteiger partial charge in [0.2, 0.25) is 0 Å². The zero-order valence-corrected chi connectivity index (χ0v) is 25.6. The quantitative estimate of drug-likeness (QED) is 0.258. The molecule has 244 valence electrons. The molecule has 1 heterocycles. The van der Waals surface area contributed by atoms with E-state index in [2.05, 4.69) is 0 Å². The van der Waals surface area contributed by atoms with Crippen LogP contribution in [0.2, 0.25) is 0 Å². The molecule has 1 aliphatic heterocycles. The van der Waals surface area contributed by atoms with Gasteiger partial charge in [-0.3, -0.25) is 14.4 Å². The number of carbonyl (C=O) groups excluding carboxylic acids is 5. The minimum atomic E-state index is -2.52. The van der Waals surface area contributed by atoms with E-state index in [-0.39, 0.29) is 29.6 Å². The molecule has 1 saturated heterocycles. The molecular formula is C32H38O13. The fraction of sp³-hybridized carbons (Fsp3) is 0.594. The molecule has 1 aromatic carbocycles. The molecule has 0 radical (unpaired) electrons. The number of benzene rings is 1. The molecule has 1 spiro atoms. The first-order valence-electron chi connectivity index (χ1n) is 14.8. The summed E-state index contributed by atoms with van der Waals surface area (Å²) in [6.45, 7) is 6.29. The number of ether oxygens (including phenoxy) is 4. The summed E-state index contributed by atoms with van der Waals surface area (Å²) in [6, 6.07) is 7.82. The van der Waals surface area contributed by atoms with E-state index in [4.69, 9.17) is 18.9 Å². The smallest absolute Gasteiger partial charge is 0.461 e. The molecule has 2 unspecified atom stereocenters. The molecule has 2 bridgehead atoms. The summed E-state index contributed by atoms with van der Waals surface area (Å²) in [5, 5.41) is 44.7. The van der Waals surface area contributed by atoms with Crippen molar-refractivity contribution in [3.8, 4) is 0 Å². The van der Waals surface area contributed by atoms with Gasteiger partial charge >= 0.3 is 18.1 Å². The lowest BCUT2D eigenvalue weighted by atomic mass is 9.46. The lowest BCUT2D eigenvalue weighted by molar-refractivity contribution is -0.246. The molecule has 1 aromatic rings. The number of hydrogen-bond donors (Lipinski definition) is 4. The predicted molar refractivity (Wildman–Crippen MR) is 151 cm³/mol. The summed E-state index contributed by atoms with van der Waals surface area (Å²) < 4.78 is 22.4. The van der Waals surface area contributed by atoms with Crippen LogP contribution in [0, 0.1) is 16.7 Å². The number of esters is 2. The van der Waals surface area contributed by atoms with Crippen LogP contribution in [0.5, 0.6) is 0 Å². The number of ketones is 2. The second-order valence-corrected chi connectivity index (χ2v) is 13.2. The average molecular weight is 631 g/mol. The minimum Gasteiger partial charge on any atom is -0.461 e. The molecule has 45 heavy (non-hydrogen) atoms. The van der Waals surface area contributed by atoms with Crippen LogP contribution in [0.4, 0.5) is 4.79 Å². The van der Waals surface area contributed by atoms with Crippen molar-refractivity contribution in [2.75, 3.05) is 6.61 Å². The van der Waals surface area contributed by atoms with Gasteiger partial charge in [-0.15, -0.1) is 0 Å². The predicted octanol–water partition coefficient (Wildman–Crippen LogP) is 1.24. The van der Waals surface area contributed by atoms with Crippen molar-refractivity contribution in [3.63, 3.8) is 0 Å². The average Bonchev–Trinajstić information content (AvgIpc) is 3.31. The van der Waals surface area contributed by atoms with Gasteiger partial charge in [0.25, 0.3) is 0 Å². The van der Waals surface area contributed by atoms with Crippen LogP contribution >= 0.6 is 0 Å². The summed E-state index contributed by atoms with van der Waals surface area (Å²) in [5.74, 6) is -4.95. The van der Waals surface area contributed by atoms with E-state index in [1.807, 2.05) is 0 Å². The Morgan fingerprint density at radius 2 is 1.73 bits per heavy atom. The van der Waals surface area contributed by atoms with E-state index < -0.39 is 101 Å². The van der Waals surface area contributed by atoms with Gasteiger partial charge in [-0.1, -0.05) is 51.1 Å². The number of hydrogen-bond acceptors (Lipinski definition) is 13. The second-order valence-electron chi connectivity index (χ2n) is 13.2. The van der Waals surface area contributed by atoms with E-state index in [0.717, 1.165) is 6.92 Å². The van der Waals surface area contributed by atoms with E-state index >= 15 is 0 Å². The molecular weight excluding hydrogens is 592 g/mol. The number of rotatable bonds is 6. The number of fused-ring (bicyclic) bond motifs is 3. The summed E-state index contributed by atoms with van der Waals surface area (Å²) in [6.07, 6.45) is -10.4. The second kappa shape index (κ2) is 11.0. The highest BCUT2D eigenvalue weighted by Crippen LogP contribution is 2.63. The Balaban J connectivity index is 1.62. The maximum Gasteiger partial charge on any atom is 0.509 e. The highest BCUT2D eigenvalue weighted by atomic mass is 16.8. The van der Waals surface area contributed by atoms with Gasteiger partial charge in [0.05, 0.1) is 12.5 Å². The fourth-order valence-electron chi connectivity index (χ4n) is 7.95. The molecule has 2 saturated carbocycles. The molecule has 9 atom stereocenters. The van der Waals surface area contributed by atoms with Crippen molar-refractivity contribution in [1.29, 1.82) is 0 Å². The van der Waals surface area contributed by atoms with E-state index in [1.165, 1.54) is 26.0 Å². The number of aliphatic hydroxyl groups excluding tert-OH is 3. The first kappa shape index (κ1) is 32.7. The van der Waals surface area contributed by atoms with E-state index in [9.17, 15) is 44.4 Å². The molecule has 13 nitrogen and oxygen atoms in total. The molecule has 3 fully saturated rings. The van der Waals surface area contributed by atoms with Crippen molar-refractivity contribution in [2.45, 2.75) is 95.6 Å². The van der Waals surface area contributed by atoms with Crippen molar-refractivity contribution in [3.05, 3.63) is 47.0 Å². The maximum absolute atomic E-state index is 14.6. The van der Waals surface area contributed by atoms with Crippen LogP contribution < -0.4 is 0 Å². The van der Waals surface area contributed by atoms with Gasteiger partial charge in [-0.2, -0.15) is 0 Å². The fourth-order valence-corrected chi connectivity index (χ4v) is 7.95. The van der Waals surface area contributed by atoms with Gasteiger partial charge in [0.15, 0.2) is 35.5 Å². The number of Topliss-reactive ketones (excluding diaryl/α,β-unsaturated/α-hetero) is 2. The van der Waals surface area contributed by atoms with Gasteiger partial charge < -0.3 is 39.4 Å². The number of allylic oxidation sites excluding steroid dienone is 1. The first-order valence-corrected chi connectivity index (χ1v) is 14.8. The SMILES string of the molecule is CC(=O)O[C@H]1C(=O)[C@]2(C)CC[C@H](O)C(O)(COC(=O)[C@@H](O)[C@H](O)c3ccccc3)C2[C@@H]2OC(=O)O[C@]23CC(=O)C(C)=C1C3(C)C. The Hall–Kier alpha value is -3.65. The third-order valence-corrected chi connectivity index (χ3v) is 10.4. The lowest BCUT2D eigenvalue weighted by Crippen LogP contribution is -2.74. The van der Waals surface area contributed by atoms with Crippen molar-refractivity contribution >= 4 is 29.7 Å². The van der Waals surface area contributed by atoms with Crippen molar-refractivity contribution in [1.82, 2.24) is 0 Å². The molecule has 5 rings (SSSR count). The zero-order chi connectivity index (χ0) is 33.3. The van der Waals surface area contributed by atoms with Crippen LogP contribution in [0.3, 0.4) is 0 Å². The van der Waals surface area contributed by atoms with Crippen LogP contribution in [0.15, 0.2) is 41.5 Å². The van der Waals surface area contributed by atoms with Gasteiger partial charge in [0.1, 0.15) is 18.3 Å². The van der Waals surface area contributed by atoms with E-state index in [1.54, 1.807) is 32.0 Å². The highest BCUT2D eigenvalue weighted by molar-refractivity contribution is 6.03. The standard InChI is InChI=1S/C32H38O13/c1-15-18(34)13-32-26(44-28(40)45-32)24-30(5,25(38)23(43-16(2)33)20(15)29(32,3)4)12-11-19(35)31(24,41)14-42-27(39)22(37)21(36)17-9-7-6-8-10-17/h6-10,19,21-24,26,35-37,41H,11-14H2,1-5H3/t19-,21+,22-,23+,24?,26-,30+,31?,32+/m0/s1. The first-order chi connectivity index (χ1) is 20.9. The highest BCUT2D eigenvalue weighted by Gasteiger charge is 2.76. The summed E-state index contributed by atoms with van der Waals surface area (Å²) in [4.78, 5) is 66.4. The molecule has 13 heteroatoms. The van der Waals surface area contributed by atoms with Crippen LogP contribution in [-0.2, 0) is 38.1 Å². The Kier molecular flexibility index (Phi) is 8.01. The van der Waals surface area contributed by atoms with Crippen molar-refractivity contribution < 1.29 is 63.3 Å². The Bertz CT molecular complexity index is 1470. The summed E-state index contributed by atoms with van der Waals surface area (Å²) >= 11 is 0. The Morgan fingerprint density at radius 3 is 2.36 bits per heavy atom. The molecule has 4 N–H and O–H groups in total. The molecule has 3 aliphatic carbocycles. The summed E-state index contributed by atoms with van der Waals surface area (Å²) in [5.41, 5.74) is -6.91. The van der Waals surface area contributed by atoms with Crippen LogP contribution in [0.25, 0.3) is 0 Å². The Labute approximate surface area is 259 Å². The topological polar surface area (TPSA) is 203 Å². The summed E-state index contributed by atoms with van der Waals surface area (Å²) in [7, 11) is 0. The lowest BCUT2D eigenvalue weighted by Gasteiger charge is -2.60. The largest absolute Gasteiger partial charge is 0.509 e. The number of aliphatic hydroxyl groups is 4. The normalized spacial score (nSPS) is 36.8. The molecule has 0 aromatic heterocycles. The maximum atomic E-state index is 14.6. The van der Waals surface area contributed by atoms with Gasteiger partial charge in [-0.05, 0) is 36.5 Å². The monoisotopic (exact) mass is 630 g/mol. The Morgan fingerprint density at radius 1 is 1.09 bits per heavy atom. The van der Waals surface area contributed by atoms with Crippen LogP contribution in [0.1, 0.15) is 65.5 Å². The molecule has 0 amide bonds. The molecule has 4 aliphatic rings. The van der Waals surface area contributed by atoms with Crippen molar-refractivity contribution in [2.24, 2.45) is 16.7 Å². The minimum absolute atomic E-state index is 0.0775. The van der Waals surface area contributed by atoms with E-state index in [0.29, 0.717) is 0 Å². The van der Waals surface area contributed by atoms with Gasteiger partial charge in [-0.25, -0.2) is 9.59 Å². The van der Waals surface area contributed by atoms with Crippen LogP contribution in [-0.4, -0.2) is 92.3 Å². The van der Waals surface area contributed by atoms with Gasteiger partial charge in [0, 0.05) is 23.7 Å². The number of carbonyl (C=O) groups is 5. The zero-order valence-electron chi connectivity index (χ0n) is 25.6.